The Morgan fingerprint density at radius 3 is 2.93 bits per heavy atom. The summed E-state index contributed by atoms with van der Waals surface area (Å²) in [5, 5.41) is 0. The van der Waals surface area contributed by atoms with E-state index in [4.69, 9.17) is 5.73 Å². The molecule has 0 amide bonds. The second-order valence-electron chi connectivity index (χ2n) is 3.33. The zero-order valence-corrected chi connectivity index (χ0v) is 7.83. The zero-order valence-electron chi connectivity index (χ0n) is 7.83. The van der Waals surface area contributed by atoms with Crippen LogP contribution in [0.15, 0.2) is 36.0 Å². The summed E-state index contributed by atoms with van der Waals surface area (Å²) in [6, 6.07) is 7.91. The van der Waals surface area contributed by atoms with Crippen molar-refractivity contribution in [2.24, 2.45) is 5.73 Å². The van der Waals surface area contributed by atoms with Crippen molar-refractivity contribution in [3.63, 3.8) is 0 Å². The normalized spacial score (nSPS) is 17.8. The van der Waals surface area contributed by atoms with Crippen molar-refractivity contribution in [2.45, 2.75) is 6.42 Å². The number of hydrogen-bond donors (Lipinski definition) is 1. The Labute approximate surface area is 82.7 Å². The molecular formula is C12H12FN. The van der Waals surface area contributed by atoms with Gasteiger partial charge in [0.2, 0.25) is 0 Å². The van der Waals surface area contributed by atoms with Crippen molar-refractivity contribution in [1.29, 1.82) is 0 Å². The molecule has 0 bridgehead atoms. The van der Waals surface area contributed by atoms with Gasteiger partial charge >= 0.3 is 0 Å². The molecular weight excluding hydrogens is 177 g/mol. The van der Waals surface area contributed by atoms with Crippen molar-refractivity contribution in [3.05, 3.63) is 47.2 Å². The minimum Gasteiger partial charge on any atom is -0.400 e. The molecule has 0 atom stereocenters. The molecule has 0 saturated carbocycles. The molecule has 0 unspecified atom stereocenters. The van der Waals surface area contributed by atoms with Gasteiger partial charge in [0, 0.05) is 5.70 Å². The average molecular weight is 189 g/mol. The van der Waals surface area contributed by atoms with Crippen molar-refractivity contribution in [1.82, 2.24) is 0 Å². The molecule has 0 heterocycles. The molecule has 0 saturated heterocycles. The fourth-order valence-electron chi connectivity index (χ4n) is 1.72. The SMILES string of the molecule is NC(CF)=C1CC=Cc2ccccc21. The number of nitrogens with two attached hydrogens (primary N) is 1. The van der Waals surface area contributed by atoms with Gasteiger partial charge in [-0.3, -0.25) is 0 Å². The van der Waals surface area contributed by atoms with Gasteiger partial charge in [-0.05, 0) is 23.1 Å². The number of hydrogen-bond acceptors (Lipinski definition) is 1. The molecule has 2 heteroatoms. The highest BCUT2D eigenvalue weighted by atomic mass is 19.1. The topological polar surface area (TPSA) is 26.0 Å². The predicted octanol–water partition coefficient (Wildman–Crippen LogP) is 2.74. The molecule has 2 rings (SSSR count). The van der Waals surface area contributed by atoms with Gasteiger partial charge in [0.25, 0.3) is 0 Å². The summed E-state index contributed by atoms with van der Waals surface area (Å²) in [5.74, 6) is 0. The fraction of sp³-hybridized carbons (Fsp3) is 0.167. The van der Waals surface area contributed by atoms with Gasteiger partial charge in [-0.25, -0.2) is 4.39 Å². The number of rotatable bonds is 1. The molecule has 0 fully saturated rings. The molecule has 1 aromatic rings. The summed E-state index contributed by atoms with van der Waals surface area (Å²) in [4.78, 5) is 0. The van der Waals surface area contributed by atoms with E-state index in [2.05, 4.69) is 0 Å². The predicted molar refractivity (Wildman–Crippen MR) is 57.2 cm³/mol. The summed E-state index contributed by atoms with van der Waals surface area (Å²) in [7, 11) is 0. The largest absolute Gasteiger partial charge is 0.400 e. The third-order valence-electron chi connectivity index (χ3n) is 2.44. The van der Waals surface area contributed by atoms with E-state index >= 15 is 0 Å². The second kappa shape index (κ2) is 3.66. The van der Waals surface area contributed by atoms with Crippen LogP contribution < -0.4 is 5.73 Å². The Kier molecular flexibility index (Phi) is 2.35. The van der Waals surface area contributed by atoms with Crippen molar-refractivity contribution in [2.75, 3.05) is 6.67 Å². The number of benzene rings is 1. The first kappa shape index (κ1) is 9.00. The van der Waals surface area contributed by atoms with E-state index in [1.807, 2.05) is 36.4 Å². The lowest BCUT2D eigenvalue weighted by molar-refractivity contribution is 0.540. The van der Waals surface area contributed by atoms with Crippen LogP contribution in [0.1, 0.15) is 17.5 Å². The lowest BCUT2D eigenvalue weighted by atomic mass is 9.91. The smallest absolute Gasteiger partial charge is 0.129 e. The van der Waals surface area contributed by atoms with Crippen molar-refractivity contribution in [3.8, 4) is 0 Å². The van der Waals surface area contributed by atoms with Crippen LogP contribution >= 0.6 is 0 Å². The summed E-state index contributed by atoms with van der Waals surface area (Å²) in [5.41, 5.74) is 9.08. The Balaban J connectivity index is 2.56. The van der Waals surface area contributed by atoms with E-state index in [0.717, 1.165) is 23.1 Å². The average Bonchev–Trinajstić information content (AvgIpc) is 2.27. The Morgan fingerprint density at radius 1 is 1.36 bits per heavy atom. The molecule has 0 spiro atoms. The molecule has 14 heavy (non-hydrogen) atoms. The summed E-state index contributed by atoms with van der Waals surface area (Å²) >= 11 is 0. The Hall–Kier alpha value is -1.57. The van der Waals surface area contributed by atoms with Crippen LogP contribution in [0.25, 0.3) is 11.6 Å². The van der Waals surface area contributed by atoms with Gasteiger partial charge in [0.05, 0.1) is 0 Å². The quantitative estimate of drug-likeness (QED) is 0.722. The highest BCUT2D eigenvalue weighted by Crippen LogP contribution is 2.29. The fourth-order valence-corrected chi connectivity index (χ4v) is 1.72. The maximum atomic E-state index is 12.5. The minimum absolute atomic E-state index is 0.349. The minimum atomic E-state index is -0.572. The third-order valence-corrected chi connectivity index (χ3v) is 2.44. The van der Waals surface area contributed by atoms with Crippen LogP contribution in [0.5, 0.6) is 0 Å². The molecule has 1 aliphatic rings. The standard InChI is InChI=1S/C12H12FN/c13-8-12(14)11-7-3-5-9-4-1-2-6-10(9)11/h1-6H,7-8,14H2. The van der Waals surface area contributed by atoms with Gasteiger partial charge in [-0.2, -0.15) is 0 Å². The van der Waals surface area contributed by atoms with E-state index in [0.29, 0.717) is 5.70 Å². The number of halogens is 1. The first-order valence-electron chi connectivity index (χ1n) is 4.62. The summed E-state index contributed by atoms with van der Waals surface area (Å²) < 4.78 is 12.5. The Morgan fingerprint density at radius 2 is 2.14 bits per heavy atom. The van der Waals surface area contributed by atoms with E-state index in [-0.39, 0.29) is 0 Å². The van der Waals surface area contributed by atoms with E-state index in [1.165, 1.54) is 0 Å². The van der Waals surface area contributed by atoms with Gasteiger partial charge in [0.15, 0.2) is 0 Å². The number of fused-ring (bicyclic) bond motifs is 1. The van der Waals surface area contributed by atoms with Gasteiger partial charge in [0.1, 0.15) is 6.67 Å². The maximum absolute atomic E-state index is 12.5. The molecule has 0 aromatic heterocycles. The summed E-state index contributed by atoms with van der Waals surface area (Å²) in [6.07, 6.45) is 4.79. The molecule has 1 aliphatic carbocycles. The lowest BCUT2D eigenvalue weighted by Crippen LogP contribution is -2.06. The van der Waals surface area contributed by atoms with E-state index in [1.54, 1.807) is 0 Å². The van der Waals surface area contributed by atoms with Crippen LogP contribution in [0, 0.1) is 0 Å². The van der Waals surface area contributed by atoms with Gasteiger partial charge in [-0.1, -0.05) is 36.4 Å². The highest BCUT2D eigenvalue weighted by Gasteiger charge is 2.11. The molecule has 2 N–H and O–H groups in total. The van der Waals surface area contributed by atoms with E-state index in [9.17, 15) is 4.39 Å². The Bertz CT molecular complexity index is 405. The lowest BCUT2D eigenvalue weighted by Gasteiger charge is -2.15. The molecule has 1 nitrogen and oxygen atoms in total. The first-order chi connectivity index (χ1) is 6.83. The van der Waals surface area contributed by atoms with Crippen LogP contribution in [-0.2, 0) is 0 Å². The van der Waals surface area contributed by atoms with E-state index < -0.39 is 6.67 Å². The van der Waals surface area contributed by atoms with Crippen LogP contribution in [0.3, 0.4) is 0 Å². The van der Waals surface area contributed by atoms with Crippen LogP contribution in [0.2, 0.25) is 0 Å². The van der Waals surface area contributed by atoms with Crippen molar-refractivity contribution < 1.29 is 4.39 Å². The third kappa shape index (κ3) is 1.43. The molecule has 0 radical (unpaired) electrons. The number of allylic oxidation sites excluding steroid dienone is 3. The molecule has 0 aliphatic heterocycles. The summed E-state index contributed by atoms with van der Waals surface area (Å²) in [6.45, 7) is -0.572. The first-order valence-corrected chi connectivity index (χ1v) is 4.62. The van der Waals surface area contributed by atoms with Crippen LogP contribution in [0.4, 0.5) is 4.39 Å². The monoisotopic (exact) mass is 189 g/mol. The van der Waals surface area contributed by atoms with Gasteiger partial charge < -0.3 is 5.73 Å². The number of alkyl halides is 1. The van der Waals surface area contributed by atoms with Gasteiger partial charge in [-0.15, -0.1) is 0 Å². The van der Waals surface area contributed by atoms with Crippen LogP contribution in [-0.4, -0.2) is 6.67 Å². The molecule has 1 aromatic carbocycles. The highest BCUT2D eigenvalue weighted by molar-refractivity contribution is 5.80. The molecule has 72 valence electrons. The zero-order chi connectivity index (χ0) is 9.97. The van der Waals surface area contributed by atoms with Crippen molar-refractivity contribution >= 4 is 11.6 Å². The maximum Gasteiger partial charge on any atom is 0.129 e. The second-order valence-corrected chi connectivity index (χ2v) is 3.33.